The smallest absolute Gasteiger partial charge is 0.269 e. The van der Waals surface area contributed by atoms with E-state index in [0.29, 0.717) is 17.0 Å². The quantitative estimate of drug-likeness (QED) is 0.533. The van der Waals surface area contributed by atoms with Crippen LogP contribution in [-0.2, 0) is 11.2 Å². The fourth-order valence-corrected chi connectivity index (χ4v) is 3.47. The van der Waals surface area contributed by atoms with Crippen LogP contribution in [0.2, 0.25) is 5.02 Å². The predicted molar refractivity (Wildman–Crippen MR) is 121 cm³/mol. The van der Waals surface area contributed by atoms with Crippen LogP contribution in [-0.4, -0.2) is 22.9 Å². The van der Waals surface area contributed by atoms with Gasteiger partial charge in [0.25, 0.3) is 5.91 Å². The fraction of sp³-hybridized carbons (Fsp3) is 0.200. The van der Waals surface area contributed by atoms with Gasteiger partial charge in [0.1, 0.15) is 0 Å². The molecule has 0 aromatic heterocycles. The molecular formula is C25H25ClN2O2. The van der Waals surface area contributed by atoms with E-state index < -0.39 is 0 Å². The zero-order valence-corrected chi connectivity index (χ0v) is 17.9. The Bertz CT molecular complexity index is 1020. The van der Waals surface area contributed by atoms with Crippen molar-refractivity contribution >= 4 is 23.4 Å². The van der Waals surface area contributed by atoms with Gasteiger partial charge in [0, 0.05) is 23.0 Å². The van der Waals surface area contributed by atoms with E-state index in [0.717, 1.165) is 16.7 Å². The Morgan fingerprint density at radius 2 is 1.63 bits per heavy atom. The van der Waals surface area contributed by atoms with Crippen molar-refractivity contribution in [2.24, 2.45) is 0 Å². The topological polar surface area (TPSA) is 49.4 Å². The Balaban J connectivity index is 1.71. The van der Waals surface area contributed by atoms with Crippen LogP contribution in [0.5, 0.6) is 0 Å². The van der Waals surface area contributed by atoms with E-state index in [1.54, 1.807) is 24.3 Å². The Labute approximate surface area is 182 Å². The molecule has 0 atom stereocenters. The van der Waals surface area contributed by atoms with Crippen LogP contribution >= 0.6 is 11.6 Å². The minimum atomic E-state index is -0.294. The average molecular weight is 421 g/mol. The van der Waals surface area contributed by atoms with E-state index in [1.807, 2.05) is 68.4 Å². The van der Waals surface area contributed by atoms with Gasteiger partial charge in [-0.15, -0.1) is 0 Å². The molecule has 0 saturated heterocycles. The molecule has 0 saturated carbocycles. The van der Waals surface area contributed by atoms with Gasteiger partial charge in [-0.25, -0.2) is 0 Å². The van der Waals surface area contributed by atoms with Crippen molar-refractivity contribution in [1.82, 2.24) is 10.4 Å². The first kappa shape index (κ1) is 21.6. The Morgan fingerprint density at radius 3 is 2.33 bits per heavy atom. The highest BCUT2D eigenvalue weighted by molar-refractivity contribution is 6.30. The number of halogens is 1. The lowest BCUT2D eigenvalue weighted by atomic mass is 9.96. The first-order chi connectivity index (χ1) is 14.5. The highest BCUT2D eigenvalue weighted by atomic mass is 35.5. The van der Waals surface area contributed by atoms with Crippen LogP contribution < -0.4 is 5.43 Å². The van der Waals surface area contributed by atoms with Gasteiger partial charge in [-0.2, -0.15) is 0 Å². The van der Waals surface area contributed by atoms with Crippen molar-refractivity contribution in [3.05, 3.63) is 95.0 Å². The van der Waals surface area contributed by atoms with Gasteiger partial charge in [-0.3, -0.25) is 20.0 Å². The number of amides is 2. The molecule has 0 aliphatic rings. The molecule has 4 nitrogen and oxygen atoms in total. The van der Waals surface area contributed by atoms with Crippen molar-refractivity contribution in [3.8, 4) is 11.1 Å². The molecule has 154 valence electrons. The van der Waals surface area contributed by atoms with Crippen molar-refractivity contribution in [2.75, 3.05) is 0 Å². The summed E-state index contributed by atoms with van der Waals surface area (Å²) in [7, 11) is 0. The van der Waals surface area contributed by atoms with Crippen molar-refractivity contribution in [3.63, 3.8) is 0 Å². The minimum absolute atomic E-state index is 0.129. The SMILES string of the molecule is CC(C)N(NC(=O)c1ccccc1)C(=O)CCc1ccccc1-c1cccc(Cl)c1. The number of nitrogens with zero attached hydrogens (tertiary/aromatic N) is 1. The molecule has 5 heteroatoms. The maximum Gasteiger partial charge on any atom is 0.269 e. The molecule has 0 bridgehead atoms. The number of carbonyl (C=O) groups is 2. The summed E-state index contributed by atoms with van der Waals surface area (Å²) >= 11 is 6.15. The van der Waals surface area contributed by atoms with Gasteiger partial charge < -0.3 is 0 Å². The molecule has 3 rings (SSSR count). The molecule has 0 aliphatic carbocycles. The average Bonchev–Trinajstić information content (AvgIpc) is 2.76. The molecule has 0 heterocycles. The largest absolute Gasteiger partial charge is 0.273 e. The van der Waals surface area contributed by atoms with Crippen molar-refractivity contribution in [1.29, 1.82) is 0 Å². The van der Waals surface area contributed by atoms with Gasteiger partial charge in [-0.1, -0.05) is 66.2 Å². The second-order valence-electron chi connectivity index (χ2n) is 7.33. The summed E-state index contributed by atoms with van der Waals surface area (Å²) in [4.78, 5) is 25.4. The third kappa shape index (κ3) is 5.49. The second-order valence-corrected chi connectivity index (χ2v) is 7.77. The number of rotatable bonds is 6. The minimum Gasteiger partial charge on any atom is -0.273 e. The molecular weight excluding hydrogens is 396 g/mol. The van der Waals surface area contributed by atoms with Crippen LogP contribution in [0.15, 0.2) is 78.9 Å². The van der Waals surface area contributed by atoms with Gasteiger partial charge in [0.2, 0.25) is 5.91 Å². The van der Waals surface area contributed by atoms with Gasteiger partial charge in [0.05, 0.1) is 0 Å². The highest BCUT2D eigenvalue weighted by Crippen LogP contribution is 2.27. The van der Waals surface area contributed by atoms with Crippen LogP contribution in [0.4, 0.5) is 0 Å². The molecule has 0 radical (unpaired) electrons. The van der Waals surface area contributed by atoms with Crippen LogP contribution in [0.25, 0.3) is 11.1 Å². The van der Waals surface area contributed by atoms with Crippen molar-refractivity contribution < 1.29 is 9.59 Å². The molecule has 0 fully saturated rings. The summed E-state index contributed by atoms with van der Waals surface area (Å²) in [6, 6.07) is 24.4. The third-order valence-corrected chi connectivity index (χ3v) is 5.04. The number of hydrazine groups is 1. The van der Waals surface area contributed by atoms with E-state index in [4.69, 9.17) is 11.6 Å². The first-order valence-electron chi connectivity index (χ1n) is 9.97. The molecule has 30 heavy (non-hydrogen) atoms. The van der Waals surface area contributed by atoms with E-state index >= 15 is 0 Å². The number of benzene rings is 3. The standard InChI is InChI=1S/C25H25ClN2O2/c1-18(2)28(27-25(30)20-10-4-3-5-11-20)24(29)16-15-19-9-6-7-14-23(19)21-12-8-13-22(26)17-21/h3-14,17-18H,15-16H2,1-2H3,(H,27,30). The summed E-state index contributed by atoms with van der Waals surface area (Å²) < 4.78 is 0. The number of hydrogen-bond donors (Lipinski definition) is 1. The van der Waals surface area contributed by atoms with Crippen molar-refractivity contribution in [2.45, 2.75) is 32.7 Å². The Hall–Kier alpha value is -3.11. The van der Waals surface area contributed by atoms with Gasteiger partial charge in [0.15, 0.2) is 0 Å². The van der Waals surface area contributed by atoms with E-state index in [9.17, 15) is 9.59 Å². The highest BCUT2D eigenvalue weighted by Gasteiger charge is 2.20. The lowest BCUT2D eigenvalue weighted by Crippen LogP contribution is -2.50. The second kappa shape index (κ2) is 10.1. The predicted octanol–water partition coefficient (Wildman–Crippen LogP) is 5.52. The zero-order chi connectivity index (χ0) is 21.5. The number of carbonyl (C=O) groups excluding carboxylic acids is 2. The lowest BCUT2D eigenvalue weighted by Gasteiger charge is -2.27. The number of hydrogen-bond acceptors (Lipinski definition) is 2. The summed E-state index contributed by atoms with van der Waals surface area (Å²) in [6.45, 7) is 3.76. The van der Waals surface area contributed by atoms with Crippen LogP contribution in [0.1, 0.15) is 36.2 Å². The monoisotopic (exact) mass is 420 g/mol. The first-order valence-corrected chi connectivity index (χ1v) is 10.4. The third-order valence-electron chi connectivity index (χ3n) is 4.80. The molecule has 3 aromatic rings. The molecule has 3 aromatic carbocycles. The summed E-state index contributed by atoms with van der Waals surface area (Å²) in [5, 5.41) is 2.09. The maximum absolute atomic E-state index is 12.9. The molecule has 0 spiro atoms. The zero-order valence-electron chi connectivity index (χ0n) is 17.1. The van der Waals surface area contributed by atoms with E-state index in [1.165, 1.54) is 5.01 Å². The number of aryl methyl sites for hydroxylation is 1. The fourth-order valence-electron chi connectivity index (χ4n) is 3.28. The Kier molecular flexibility index (Phi) is 7.26. The molecule has 0 unspecified atom stereocenters. The normalized spacial score (nSPS) is 10.7. The van der Waals surface area contributed by atoms with Gasteiger partial charge in [-0.05, 0) is 61.2 Å². The molecule has 2 amide bonds. The van der Waals surface area contributed by atoms with E-state index in [2.05, 4.69) is 5.43 Å². The summed E-state index contributed by atoms with van der Waals surface area (Å²) in [6.07, 6.45) is 0.844. The van der Waals surface area contributed by atoms with Crippen LogP contribution in [0, 0.1) is 0 Å². The van der Waals surface area contributed by atoms with Gasteiger partial charge >= 0.3 is 0 Å². The van der Waals surface area contributed by atoms with Crippen LogP contribution in [0.3, 0.4) is 0 Å². The lowest BCUT2D eigenvalue weighted by molar-refractivity contribution is -0.135. The molecule has 1 N–H and O–H groups in total. The summed E-state index contributed by atoms with van der Waals surface area (Å²) in [5.41, 5.74) is 6.40. The Morgan fingerprint density at radius 1 is 0.933 bits per heavy atom. The maximum atomic E-state index is 12.9. The number of nitrogens with one attached hydrogen (secondary N) is 1. The molecule has 0 aliphatic heterocycles. The summed E-state index contributed by atoms with van der Waals surface area (Å²) in [5.74, 6) is -0.424. The van der Waals surface area contributed by atoms with E-state index in [-0.39, 0.29) is 24.3 Å².